The van der Waals surface area contributed by atoms with E-state index in [1.165, 1.54) is 0 Å². The summed E-state index contributed by atoms with van der Waals surface area (Å²) < 4.78 is 22.7. The SMILES string of the molecule is CCOc1ccc(/C=N/Nc2nnc(N/N=C/c3ccc(OCC)c(OCC)c3)c3ccccc23)cc1OCC. The van der Waals surface area contributed by atoms with Gasteiger partial charge in [-0.1, -0.05) is 24.3 Å². The molecule has 0 fully saturated rings. The van der Waals surface area contributed by atoms with Crippen LogP contribution in [0.5, 0.6) is 23.0 Å². The van der Waals surface area contributed by atoms with E-state index >= 15 is 0 Å². The van der Waals surface area contributed by atoms with Gasteiger partial charge in [-0.15, -0.1) is 10.2 Å². The van der Waals surface area contributed by atoms with Crippen molar-refractivity contribution < 1.29 is 18.9 Å². The van der Waals surface area contributed by atoms with Crippen LogP contribution in [0.1, 0.15) is 38.8 Å². The lowest BCUT2D eigenvalue weighted by Crippen LogP contribution is -2.02. The number of fused-ring (bicyclic) bond motifs is 1. The second kappa shape index (κ2) is 14.3. The van der Waals surface area contributed by atoms with E-state index in [0.29, 0.717) is 61.1 Å². The van der Waals surface area contributed by atoms with Crippen LogP contribution < -0.4 is 29.8 Å². The third kappa shape index (κ3) is 7.16. The average molecular weight is 543 g/mol. The first-order valence-corrected chi connectivity index (χ1v) is 13.3. The van der Waals surface area contributed by atoms with Gasteiger partial charge in [0.1, 0.15) is 0 Å². The fourth-order valence-electron chi connectivity index (χ4n) is 3.90. The number of rotatable bonds is 14. The van der Waals surface area contributed by atoms with Gasteiger partial charge in [0.25, 0.3) is 0 Å². The number of hydrogen-bond donors (Lipinski definition) is 2. The number of anilines is 2. The van der Waals surface area contributed by atoms with Crippen molar-refractivity contribution in [3.8, 4) is 23.0 Å². The summed E-state index contributed by atoms with van der Waals surface area (Å²) in [5, 5.41) is 19.1. The van der Waals surface area contributed by atoms with Crippen molar-refractivity contribution >= 4 is 34.8 Å². The fourth-order valence-corrected chi connectivity index (χ4v) is 3.90. The molecule has 2 N–H and O–H groups in total. The van der Waals surface area contributed by atoms with Crippen LogP contribution in [0.25, 0.3) is 10.8 Å². The Morgan fingerprint density at radius 1 is 0.575 bits per heavy atom. The van der Waals surface area contributed by atoms with Crippen molar-refractivity contribution in [2.24, 2.45) is 10.2 Å². The molecule has 208 valence electrons. The summed E-state index contributed by atoms with van der Waals surface area (Å²) >= 11 is 0. The molecule has 0 aliphatic carbocycles. The minimum atomic E-state index is 0.519. The van der Waals surface area contributed by atoms with E-state index in [0.717, 1.165) is 21.9 Å². The van der Waals surface area contributed by atoms with Gasteiger partial charge >= 0.3 is 0 Å². The van der Waals surface area contributed by atoms with Crippen molar-refractivity contribution in [3.63, 3.8) is 0 Å². The minimum absolute atomic E-state index is 0.519. The third-order valence-corrected chi connectivity index (χ3v) is 5.59. The zero-order valence-corrected chi connectivity index (χ0v) is 23.2. The highest BCUT2D eigenvalue weighted by molar-refractivity contribution is 5.98. The highest BCUT2D eigenvalue weighted by atomic mass is 16.5. The molecule has 0 radical (unpaired) electrons. The van der Waals surface area contributed by atoms with Crippen LogP contribution >= 0.6 is 0 Å². The Balaban J connectivity index is 1.49. The van der Waals surface area contributed by atoms with Crippen LogP contribution in [0, 0.1) is 0 Å². The summed E-state index contributed by atoms with van der Waals surface area (Å²) in [5.41, 5.74) is 7.71. The van der Waals surface area contributed by atoms with Crippen molar-refractivity contribution in [2.75, 3.05) is 37.3 Å². The molecule has 10 nitrogen and oxygen atoms in total. The normalized spacial score (nSPS) is 11.2. The highest BCUT2D eigenvalue weighted by Crippen LogP contribution is 2.30. The number of benzene rings is 3. The van der Waals surface area contributed by atoms with E-state index in [1.54, 1.807) is 12.4 Å². The van der Waals surface area contributed by atoms with E-state index in [1.807, 2.05) is 88.4 Å². The summed E-state index contributed by atoms with van der Waals surface area (Å²) in [4.78, 5) is 0. The number of hydrogen-bond acceptors (Lipinski definition) is 10. The van der Waals surface area contributed by atoms with Crippen molar-refractivity contribution in [1.82, 2.24) is 10.2 Å². The molecule has 0 saturated carbocycles. The molecule has 0 aliphatic heterocycles. The first-order chi connectivity index (χ1) is 19.7. The first-order valence-electron chi connectivity index (χ1n) is 13.3. The smallest absolute Gasteiger partial charge is 0.176 e. The maximum atomic E-state index is 5.70. The lowest BCUT2D eigenvalue weighted by Gasteiger charge is -2.11. The van der Waals surface area contributed by atoms with Gasteiger partial charge < -0.3 is 18.9 Å². The molecule has 3 aromatic carbocycles. The second-order valence-electron chi connectivity index (χ2n) is 8.33. The molecule has 0 bridgehead atoms. The van der Waals surface area contributed by atoms with Gasteiger partial charge in [-0.05, 0) is 75.2 Å². The van der Waals surface area contributed by atoms with Crippen molar-refractivity contribution in [3.05, 3.63) is 71.8 Å². The Bertz CT molecular complexity index is 1360. The van der Waals surface area contributed by atoms with Crippen molar-refractivity contribution in [2.45, 2.75) is 27.7 Å². The van der Waals surface area contributed by atoms with E-state index in [-0.39, 0.29) is 0 Å². The molecular weight excluding hydrogens is 508 g/mol. The van der Waals surface area contributed by atoms with E-state index < -0.39 is 0 Å². The minimum Gasteiger partial charge on any atom is -0.490 e. The third-order valence-electron chi connectivity index (χ3n) is 5.59. The number of aromatic nitrogens is 2. The summed E-state index contributed by atoms with van der Waals surface area (Å²) in [7, 11) is 0. The molecular formula is C30H34N6O4. The molecule has 0 aliphatic rings. The van der Waals surface area contributed by atoms with Gasteiger partial charge in [0.15, 0.2) is 34.6 Å². The zero-order valence-electron chi connectivity index (χ0n) is 23.2. The van der Waals surface area contributed by atoms with Gasteiger partial charge in [-0.25, -0.2) is 0 Å². The molecule has 0 spiro atoms. The van der Waals surface area contributed by atoms with Gasteiger partial charge in [0, 0.05) is 10.8 Å². The Morgan fingerprint density at radius 3 is 1.38 bits per heavy atom. The summed E-state index contributed by atoms with van der Waals surface area (Å²) in [6, 6.07) is 19.1. The predicted molar refractivity (Wildman–Crippen MR) is 160 cm³/mol. The van der Waals surface area contributed by atoms with Gasteiger partial charge in [-0.2, -0.15) is 10.2 Å². The monoisotopic (exact) mass is 542 g/mol. The standard InChI is InChI=1S/C30H34N6O4/c1-5-37-25-15-13-21(17-27(25)39-7-3)19-31-33-29-23-11-9-10-12-24(23)30(36-35-29)34-32-20-22-14-16-26(38-6-2)28(18-22)40-8-4/h9-20H,5-8H2,1-4H3,(H,33,35)(H,34,36)/b31-19+,32-20+. The summed E-state index contributed by atoms with van der Waals surface area (Å²) in [5.74, 6) is 3.79. The van der Waals surface area contributed by atoms with Crippen LogP contribution in [0.4, 0.5) is 11.6 Å². The Morgan fingerprint density at radius 2 is 0.975 bits per heavy atom. The molecule has 0 atom stereocenters. The first kappa shape index (κ1) is 28.2. The number of ether oxygens (including phenoxy) is 4. The van der Waals surface area contributed by atoms with Gasteiger partial charge in [0.05, 0.1) is 38.9 Å². The lowest BCUT2D eigenvalue weighted by atomic mass is 10.2. The van der Waals surface area contributed by atoms with E-state index in [2.05, 4.69) is 31.3 Å². The van der Waals surface area contributed by atoms with Crippen LogP contribution in [-0.4, -0.2) is 49.1 Å². The maximum Gasteiger partial charge on any atom is 0.176 e. The largest absolute Gasteiger partial charge is 0.490 e. The molecule has 40 heavy (non-hydrogen) atoms. The highest BCUT2D eigenvalue weighted by Gasteiger charge is 2.09. The Kier molecular flexibility index (Phi) is 10.1. The molecule has 4 rings (SSSR count). The second-order valence-corrected chi connectivity index (χ2v) is 8.33. The van der Waals surface area contributed by atoms with E-state index in [9.17, 15) is 0 Å². The molecule has 1 aromatic heterocycles. The van der Waals surface area contributed by atoms with Crippen LogP contribution in [0.3, 0.4) is 0 Å². The van der Waals surface area contributed by atoms with Crippen LogP contribution in [0.2, 0.25) is 0 Å². The van der Waals surface area contributed by atoms with Gasteiger partial charge in [0.2, 0.25) is 0 Å². The predicted octanol–water partition coefficient (Wildman–Crippen LogP) is 6.12. The quantitative estimate of drug-likeness (QED) is 0.145. The van der Waals surface area contributed by atoms with Crippen molar-refractivity contribution in [1.29, 1.82) is 0 Å². The topological polar surface area (TPSA) is 111 Å². The summed E-state index contributed by atoms with van der Waals surface area (Å²) in [6.07, 6.45) is 3.39. The fraction of sp³-hybridized carbons (Fsp3) is 0.267. The number of hydrazone groups is 2. The Hall–Kier alpha value is -4.86. The van der Waals surface area contributed by atoms with Crippen LogP contribution in [0.15, 0.2) is 70.9 Å². The zero-order chi connectivity index (χ0) is 28.2. The number of nitrogens with one attached hydrogen (secondary N) is 2. The lowest BCUT2D eigenvalue weighted by molar-refractivity contribution is 0.288. The molecule has 0 saturated heterocycles. The van der Waals surface area contributed by atoms with Gasteiger partial charge in [-0.3, -0.25) is 10.9 Å². The molecule has 1 heterocycles. The number of nitrogens with zero attached hydrogens (tertiary/aromatic N) is 4. The molecule has 0 unspecified atom stereocenters. The molecule has 0 amide bonds. The Labute approximate surface area is 234 Å². The average Bonchev–Trinajstić information content (AvgIpc) is 2.97. The molecule has 10 heteroatoms. The van der Waals surface area contributed by atoms with Crippen LogP contribution in [-0.2, 0) is 0 Å². The molecule has 4 aromatic rings. The van der Waals surface area contributed by atoms with E-state index in [4.69, 9.17) is 18.9 Å². The maximum absolute atomic E-state index is 5.70. The summed E-state index contributed by atoms with van der Waals surface area (Å²) in [6.45, 7) is 9.95.